The van der Waals surface area contributed by atoms with Crippen molar-refractivity contribution >= 4 is 28.1 Å². The molecule has 1 aliphatic heterocycles. The lowest BCUT2D eigenvalue weighted by molar-refractivity contribution is 0.627. The highest BCUT2D eigenvalue weighted by atomic mass is 19.1. The number of aromatic nitrogens is 2. The predicted octanol–water partition coefficient (Wildman–Crippen LogP) is 4.35. The van der Waals surface area contributed by atoms with Crippen molar-refractivity contribution in [2.24, 2.45) is 0 Å². The van der Waals surface area contributed by atoms with Crippen molar-refractivity contribution in [2.45, 2.75) is 13.8 Å². The molecule has 2 N–H and O–H groups in total. The van der Waals surface area contributed by atoms with Gasteiger partial charge in [-0.3, -0.25) is 0 Å². The van der Waals surface area contributed by atoms with Crippen LogP contribution in [-0.2, 0) is 0 Å². The second-order valence-corrected chi connectivity index (χ2v) is 5.96. The number of para-hydroxylation sites is 1. The van der Waals surface area contributed by atoms with Crippen LogP contribution in [0.25, 0.3) is 16.6 Å². The zero-order valence-electron chi connectivity index (χ0n) is 13.5. The van der Waals surface area contributed by atoms with Gasteiger partial charge in [-0.25, -0.2) is 14.4 Å². The van der Waals surface area contributed by atoms with Crippen molar-refractivity contribution in [3.8, 4) is 0 Å². The van der Waals surface area contributed by atoms with Crippen LogP contribution >= 0.6 is 0 Å². The molecule has 24 heavy (non-hydrogen) atoms. The van der Waals surface area contributed by atoms with Crippen LogP contribution in [-0.4, -0.2) is 16.5 Å². The Hall–Kier alpha value is -2.95. The van der Waals surface area contributed by atoms with E-state index in [2.05, 4.69) is 20.6 Å². The lowest BCUT2D eigenvalue weighted by Gasteiger charge is -2.24. The van der Waals surface area contributed by atoms with E-state index in [0.29, 0.717) is 12.4 Å². The van der Waals surface area contributed by atoms with E-state index in [1.807, 2.05) is 38.1 Å². The number of anilines is 2. The van der Waals surface area contributed by atoms with Crippen LogP contribution in [0.4, 0.5) is 15.9 Å². The summed E-state index contributed by atoms with van der Waals surface area (Å²) in [4.78, 5) is 9.02. The summed E-state index contributed by atoms with van der Waals surface area (Å²) in [7, 11) is 0. The molecule has 4 rings (SSSR count). The second-order valence-electron chi connectivity index (χ2n) is 5.96. The molecule has 1 aromatic heterocycles. The summed E-state index contributed by atoms with van der Waals surface area (Å²) in [6.45, 7) is 4.61. The fourth-order valence-corrected chi connectivity index (χ4v) is 3.00. The molecule has 2 heterocycles. The summed E-state index contributed by atoms with van der Waals surface area (Å²) in [6, 6.07) is 12.6. The van der Waals surface area contributed by atoms with Gasteiger partial charge in [0.1, 0.15) is 17.5 Å². The van der Waals surface area contributed by atoms with Gasteiger partial charge in [-0.05, 0) is 49.8 Å². The highest BCUT2D eigenvalue weighted by Gasteiger charge is 2.18. The molecule has 1 aliphatic rings. The summed E-state index contributed by atoms with van der Waals surface area (Å²) in [5, 5.41) is 7.67. The molecular weight excluding hydrogens is 303 g/mol. The van der Waals surface area contributed by atoms with Crippen LogP contribution in [0.3, 0.4) is 0 Å². The van der Waals surface area contributed by atoms with Crippen molar-refractivity contribution in [3.05, 3.63) is 65.2 Å². The first-order valence-corrected chi connectivity index (χ1v) is 7.86. The highest BCUT2D eigenvalue weighted by molar-refractivity contribution is 5.95. The topological polar surface area (TPSA) is 49.8 Å². The van der Waals surface area contributed by atoms with Gasteiger partial charge in [0.05, 0.1) is 5.52 Å². The predicted molar refractivity (Wildman–Crippen MR) is 95.4 cm³/mol. The molecule has 0 bridgehead atoms. The maximum absolute atomic E-state index is 13.7. The lowest BCUT2D eigenvalue weighted by Crippen LogP contribution is -2.17. The largest absolute Gasteiger partial charge is 0.381 e. The number of hydrogen-bond acceptors (Lipinski definition) is 4. The van der Waals surface area contributed by atoms with Crippen LogP contribution in [0.2, 0.25) is 0 Å². The lowest BCUT2D eigenvalue weighted by atomic mass is 10.0. The van der Waals surface area contributed by atoms with E-state index < -0.39 is 0 Å². The number of halogens is 1. The van der Waals surface area contributed by atoms with E-state index in [1.165, 1.54) is 6.07 Å². The molecule has 0 saturated carbocycles. The molecule has 0 radical (unpaired) electrons. The maximum atomic E-state index is 13.7. The summed E-state index contributed by atoms with van der Waals surface area (Å²) >= 11 is 0. The Bertz CT molecular complexity index is 978. The minimum atomic E-state index is -0.256. The minimum Gasteiger partial charge on any atom is -0.381 e. The SMILES string of the molecule is CC1=C(Nc2nc(C)nc3ccccc23)c2cc(F)ccc2NC1. The van der Waals surface area contributed by atoms with Gasteiger partial charge in [0.2, 0.25) is 0 Å². The summed E-state index contributed by atoms with van der Waals surface area (Å²) < 4.78 is 13.7. The second kappa shape index (κ2) is 5.60. The number of rotatable bonds is 2. The molecule has 0 unspecified atom stereocenters. The fourth-order valence-electron chi connectivity index (χ4n) is 3.00. The molecule has 5 heteroatoms. The highest BCUT2D eigenvalue weighted by Crippen LogP contribution is 2.33. The third kappa shape index (κ3) is 2.48. The van der Waals surface area contributed by atoms with Gasteiger partial charge >= 0.3 is 0 Å². The maximum Gasteiger partial charge on any atom is 0.142 e. The third-order valence-corrected chi connectivity index (χ3v) is 4.18. The molecule has 4 nitrogen and oxygen atoms in total. The van der Waals surface area contributed by atoms with Crippen LogP contribution in [0.5, 0.6) is 0 Å². The number of nitrogens with zero attached hydrogens (tertiary/aromatic N) is 2. The van der Waals surface area contributed by atoms with Crippen LogP contribution in [0, 0.1) is 12.7 Å². The molecule has 120 valence electrons. The summed E-state index contributed by atoms with van der Waals surface area (Å²) in [6.07, 6.45) is 0. The summed E-state index contributed by atoms with van der Waals surface area (Å²) in [5.74, 6) is 1.18. The molecule has 0 amide bonds. The molecule has 0 atom stereocenters. The van der Waals surface area contributed by atoms with E-state index in [4.69, 9.17) is 0 Å². The Kier molecular flexibility index (Phi) is 3.41. The van der Waals surface area contributed by atoms with Crippen LogP contribution in [0.15, 0.2) is 48.0 Å². The Morgan fingerprint density at radius 1 is 1.08 bits per heavy atom. The molecule has 0 aliphatic carbocycles. The average Bonchev–Trinajstić information content (AvgIpc) is 2.57. The normalized spacial score (nSPS) is 13.6. The van der Waals surface area contributed by atoms with E-state index in [1.54, 1.807) is 12.1 Å². The van der Waals surface area contributed by atoms with E-state index in [9.17, 15) is 4.39 Å². The first-order valence-electron chi connectivity index (χ1n) is 7.86. The molecule has 0 saturated heterocycles. The Labute approximate surface area is 139 Å². The van der Waals surface area contributed by atoms with Gasteiger partial charge in [0, 0.05) is 28.9 Å². The quantitative estimate of drug-likeness (QED) is 0.737. The molecular formula is C19H17FN4. The number of fused-ring (bicyclic) bond motifs is 2. The zero-order chi connectivity index (χ0) is 16.7. The van der Waals surface area contributed by atoms with Gasteiger partial charge in [-0.2, -0.15) is 0 Å². The smallest absolute Gasteiger partial charge is 0.142 e. The van der Waals surface area contributed by atoms with Crippen LogP contribution < -0.4 is 10.6 Å². The molecule has 0 spiro atoms. The Morgan fingerprint density at radius 3 is 2.79 bits per heavy atom. The molecule has 3 aromatic rings. The van der Waals surface area contributed by atoms with Crippen molar-refractivity contribution in [1.82, 2.24) is 9.97 Å². The Morgan fingerprint density at radius 2 is 1.92 bits per heavy atom. The monoisotopic (exact) mass is 320 g/mol. The summed E-state index contributed by atoms with van der Waals surface area (Å²) in [5.41, 5.74) is 4.62. The van der Waals surface area contributed by atoms with Crippen molar-refractivity contribution in [2.75, 3.05) is 17.2 Å². The average molecular weight is 320 g/mol. The molecule has 0 fully saturated rings. The third-order valence-electron chi connectivity index (χ3n) is 4.18. The van der Waals surface area contributed by atoms with Gasteiger partial charge in [-0.1, -0.05) is 12.1 Å². The number of hydrogen-bond donors (Lipinski definition) is 2. The zero-order valence-corrected chi connectivity index (χ0v) is 13.5. The molecule has 2 aromatic carbocycles. The number of benzene rings is 2. The fraction of sp³-hybridized carbons (Fsp3) is 0.158. The minimum absolute atomic E-state index is 0.256. The van der Waals surface area contributed by atoms with Gasteiger partial charge in [-0.15, -0.1) is 0 Å². The standard InChI is InChI=1S/C19H17FN4/c1-11-10-21-16-8-7-13(20)9-15(16)18(11)24-19-14-5-3-4-6-17(14)22-12(2)23-19/h3-9,21H,10H2,1-2H3,(H,22,23,24). The van der Waals surface area contributed by atoms with E-state index in [-0.39, 0.29) is 5.82 Å². The first-order chi connectivity index (χ1) is 11.6. The number of aryl methyl sites for hydroxylation is 1. The van der Waals surface area contributed by atoms with Gasteiger partial charge < -0.3 is 10.6 Å². The van der Waals surface area contributed by atoms with Gasteiger partial charge in [0.25, 0.3) is 0 Å². The van der Waals surface area contributed by atoms with Crippen molar-refractivity contribution < 1.29 is 4.39 Å². The van der Waals surface area contributed by atoms with E-state index >= 15 is 0 Å². The van der Waals surface area contributed by atoms with Crippen LogP contribution in [0.1, 0.15) is 18.3 Å². The van der Waals surface area contributed by atoms with Gasteiger partial charge in [0.15, 0.2) is 0 Å². The first kappa shape index (κ1) is 14.6. The van der Waals surface area contributed by atoms with E-state index in [0.717, 1.165) is 39.2 Å². The Balaban J connectivity index is 1.85. The van der Waals surface area contributed by atoms with Crippen molar-refractivity contribution in [1.29, 1.82) is 0 Å². The number of nitrogens with one attached hydrogen (secondary N) is 2. The van der Waals surface area contributed by atoms with Crippen molar-refractivity contribution in [3.63, 3.8) is 0 Å².